The number of rotatable bonds is 1. The minimum atomic E-state index is -0.375. The smallest absolute Gasteiger partial charge is 0.414 e. The Kier molecular flexibility index (Phi) is 4.55. The minimum absolute atomic E-state index is 0. The summed E-state index contributed by atoms with van der Waals surface area (Å²) in [7, 11) is 5.28. The molecule has 0 atom stereocenters. The van der Waals surface area contributed by atoms with Crippen molar-refractivity contribution in [3.8, 4) is 5.75 Å². The molecule has 0 unspecified atom stereocenters. The van der Waals surface area contributed by atoms with E-state index >= 15 is 0 Å². The highest BCUT2D eigenvalue weighted by Gasteiger charge is 2.13. The Balaban J connectivity index is 0.00000162. The van der Waals surface area contributed by atoms with Crippen molar-refractivity contribution in [2.75, 3.05) is 14.1 Å². The molecular formula is C12H16IN3O2. The van der Waals surface area contributed by atoms with Crippen molar-refractivity contribution in [2.24, 2.45) is 7.05 Å². The van der Waals surface area contributed by atoms with Gasteiger partial charge in [0.05, 0.1) is 19.3 Å². The van der Waals surface area contributed by atoms with Crippen LogP contribution in [0.2, 0.25) is 0 Å². The molecule has 18 heavy (non-hydrogen) atoms. The second-order valence-corrected chi connectivity index (χ2v) is 4.22. The highest BCUT2D eigenvalue weighted by molar-refractivity contribution is 5.70. The van der Waals surface area contributed by atoms with Crippen LogP contribution in [-0.2, 0) is 7.05 Å². The van der Waals surface area contributed by atoms with Gasteiger partial charge in [-0.15, -0.1) is 0 Å². The lowest BCUT2D eigenvalue weighted by atomic mass is 10.4. The third-order valence-corrected chi connectivity index (χ3v) is 2.70. The number of aryl methyl sites for hydroxylation is 2. The van der Waals surface area contributed by atoms with Crippen LogP contribution in [0.4, 0.5) is 4.79 Å². The summed E-state index contributed by atoms with van der Waals surface area (Å²) >= 11 is 0. The number of halogens is 1. The Labute approximate surface area is 123 Å². The van der Waals surface area contributed by atoms with Crippen molar-refractivity contribution in [1.82, 2.24) is 9.47 Å². The summed E-state index contributed by atoms with van der Waals surface area (Å²) in [6, 6.07) is 3.61. The van der Waals surface area contributed by atoms with Gasteiger partial charge in [-0.3, -0.25) is 0 Å². The second kappa shape index (κ2) is 5.55. The zero-order valence-electron chi connectivity index (χ0n) is 10.8. The van der Waals surface area contributed by atoms with E-state index in [0.717, 1.165) is 11.3 Å². The van der Waals surface area contributed by atoms with Crippen molar-refractivity contribution in [2.45, 2.75) is 6.92 Å². The van der Waals surface area contributed by atoms with Gasteiger partial charge in [0.15, 0.2) is 0 Å². The highest BCUT2D eigenvalue weighted by Crippen LogP contribution is 2.13. The van der Waals surface area contributed by atoms with Crippen LogP contribution in [0.25, 0.3) is 5.65 Å². The van der Waals surface area contributed by atoms with Crippen LogP contribution in [0.3, 0.4) is 0 Å². The van der Waals surface area contributed by atoms with E-state index in [9.17, 15) is 4.79 Å². The molecule has 2 rings (SSSR count). The van der Waals surface area contributed by atoms with Gasteiger partial charge in [0.25, 0.3) is 5.65 Å². The van der Waals surface area contributed by atoms with Gasteiger partial charge < -0.3 is 33.6 Å². The maximum Gasteiger partial charge on any atom is 0.414 e. The molecule has 2 aromatic rings. The lowest BCUT2D eigenvalue weighted by molar-refractivity contribution is -0.510. The first-order chi connectivity index (χ1) is 7.99. The van der Waals surface area contributed by atoms with E-state index < -0.39 is 0 Å². The topological polar surface area (TPSA) is 38.6 Å². The third kappa shape index (κ3) is 2.74. The number of aromatic nitrogens is 2. The predicted molar refractivity (Wildman–Crippen MR) is 63.0 cm³/mol. The van der Waals surface area contributed by atoms with Crippen molar-refractivity contribution in [3.63, 3.8) is 0 Å². The number of pyridine rings is 1. The SMILES string of the molecule is Cc1c[n+]2ccc(OC(=O)N(C)C)cc2n1C.[I-]. The fraction of sp³-hybridized carbons (Fsp3) is 0.333. The molecule has 2 heterocycles. The van der Waals surface area contributed by atoms with Crippen LogP contribution >= 0.6 is 0 Å². The second-order valence-electron chi connectivity index (χ2n) is 4.22. The quantitative estimate of drug-likeness (QED) is 0.442. The lowest BCUT2D eigenvalue weighted by Gasteiger charge is -2.09. The molecule has 0 aromatic carbocycles. The van der Waals surface area contributed by atoms with E-state index in [4.69, 9.17) is 4.74 Å². The summed E-state index contributed by atoms with van der Waals surface area (Å²) in [5, 5.41) is 0. The summed E-state index contributed by atoms with van der Waals surface area (Å²) in [4.78, 5) is 12.8. The van der Waals surface area contributed by atoms with E-state index in [-0.39, 0.29) is 30.1 Å². The maximum absolute atomic E-state index is 11.4. The van der Waals surface area contributed by atoms with Gasteiger partial charge in [0, 0.05) is 27.1 Å². The van der Waals surface area contributed by atoms with Crippen LogP contribution in [-0.4, -0.2) is 29.7 Å². The Bertz CT molecular complexity index is 578. The molecule has 0 aliphatic heterocycles. The molecule has 0 saturated carbocycles. The first-order valence-corrected chi connectivity index (χ1v) is 5.35. The monoisotopic (exact) mass is 361 g/mol. The van der Waals surface area contributed by atoms with Crippen LogP contribution in [0.5, 0.6) is 5.75 Å². The van der Waals surface area contributed by atoms with E-state index in [0.29, 0.717) is 5.75 Å². The van der Waals surface area contributed by atoms with Gasteiger partial charge in [-0.2, -0.15) is 0 Å². The van der Waals surface area contributed by atoms with E-state index in [1.165, 1.54) is 4.90 Å². The number of hydrogen-bond acceptors (Lipinski definition) is 2. The van der Waals surface area contributed by atoms with Crippen LogP contribution in [0, 0.1) is 6.92 Å². The molecule has 0 radical (unpaired) electrons. The van der Waals surface area contributed by atoms with E-state index in [2.05, 4.69) is 0 Å². The van der Waals surface area contributed by atoms with Crippen LogP contribution in [0.15, 0.2) is 24.5 Å². The largest absolute Gasteiger partial charge is 1.00 e. The predicted octanol–water partition coefficient (Wildman–Crippen LogP) is -1.86. The molecule has 0 N–H and O–H groups in total. The van der Waals surface area contributed by atoms with Gasteiger partial charge in [0.2, 0.25) is 0 Å². The minimum Gasteiger partial charge on any atom is -1.00 e. The number of hydrogen-bond donors (Lipinski definition) is 0. The molecule has 0 aliphatic carbocycles. The number of imidazole rings is 1. The molecule has 2 aromatic heterocycles. The normalized spacial score (nSPS) is 10.0. The lowest BCUT2D eigenvalue weighted by Crippen LogP contribution is -3.00. The van der Waals surface area contributed by atoms with Crippen molar-refractivity contribution in [3.05, 3.63) is 30.2 Å². The van der Waals surface area contributed by atoms with Crippen molar-refractivity contribution in [1.29, 1.82) is 0 Å². The first kappa shape index (κ1) is 14.7. The summed E-state index contributed by atoms with van der Waals surface area (Å²) in [5.41, 5.74) is 2.12. The number of amides is 1. The number of fused-ring (bicyclic) bond motifs is 1. The standard InChI is InChI=1S/C12H16N3O2.HI/c1-9-8-15-6-5-10(7-11(15)14(9)4)17-12(16)13(2)3;/h5-8H,1-4H3;1H/q+1;/p-1. The zero-order valence-corrected chi connectivity index (χ0v) is 13.0. The molecule has 5 nitrogen and oxygen atoms in total. The Hall–Kier alpha value is -1.31. The zero-order chi connectivity index (χ0) is 12.6. The maximum atomic E-state index is 11.4. The molecular weight excluding hydrogens is 345 g/mol. The summed E-state index contributed by atoms with van der Waals surface area (Å²) in [6.07, 6.45) is 3.52. The molecule has 0 saturated heterocycles. The van der Waals surface area contributed by atoms with Gasteiger partial charge in [-0.25, -0.2) is 13.8 Å². The average Bonchev–Trinajstić information content (AvgIpc) is 2.55. The number of nitrogens with zero attached hydrogens (tertiary/aromatic N) is 3. The molecule has 6 heteroatoms. The summed E-state index contributed by atoms with van der Waals surface area (Å²) in [6.45, 7) is 2.03. The fourth-order valence-electron chi connectivity index (χ4n) is 1.58. The van der Waals surface area contributed by atoms with Gasteiger partial charge in [-0.1, -0.05) is 0 Å². The van der Waals surface area contributed by atoms with Crippen LogP contribution < -0.4 is 33.1 Å². The Morgan fingerprint density at radius 1 is 1.44 bits per heavy atom. The Morgan fingerprint density at radius 2 is 2.11 bits per heavy atom. The van der Waals surface area contributed by atoms with Gasteiger partial charge in [0.1, 0.15) is 17.6 Å². The first-order valence-electron chi connectivity index (χ1n) is 5.35. The van der Waals surface area contributed by atoms with E-state index in [1.807, 2.05) is 41.4 Å². The highest BCUT2D eigenvalue weighted by atomic mass is 127. The molecule has 0 fully saturated rings. The molecule has 98 valence electrons. The third-order valence-electron chi connectivity index (χ3n) is 2.70. The van der Waals surface area contributed by atoms with Gasteiger partial charge in [-0.05, 0) is 0 Å². The molecule has 0 spiro atoms. The fourth-order valence-corrected chi connectivity index (χ4v) is 1.58. The Morgan fingerprint density at radius 3 is 2.72 bits per heavy atom. The van der Waals surface area contributed by atoms with Crippen molar-refractivity contribution < 1.29 is 37.9 Å². The van der Waals surface area contributed by atoms with Gasteiger partial charge >= 0.3 is 6.09 Å². The van der Waals surface area contributed by atoms with Crippen molar-refractivity contribution >= 4 is 11.7 Å². The number of carbonyl (C=O) groups is 1. The molecule has 0 aliphatic rings. The van der Waals surface area contributed by atoms with Crippen LogP contribution in [0.1, 0.15) is 5.69 Å². The number of ether oxygens (including phenoxy) is 1. The van der Waals surface area contributed by atoms with E-state index in [1.54, 1.807) is 20.2 Å². The summed E-state index contributed by atoms with van der Waals surface area (Å²) in [5.74, 6) is 0.546. The molecule has 1 amide bonds. The number of carbonyl (C=O) groups excluding carboxylic acids is 1. The average molecular weight is 361 g/mol. The molecule has 0 bridgehead atoms. The summed E-state index contributed by atoms with van der Waals surface area (Å²) < 4.78 is 9.23.